The molecule has 3 aromatic rings. The highest BCUT2D eigenvalue weighted by molar-refractivity contribution is 5.91. The van der Waals surface area contributed by atoms with Gasteiger partial charge in [0.2, 0.25) is 0 Å². The van der Waals surface area contributed by atoms with Crippen LogP contribution in [0.3, 0.4) is 0 Å². The number of rotatable bonds is 3. The maximum absolute atomic E-state index is 12.5. The molecule has 4 saturated carbocycles. The molecule has 2 aromatic carbocycles. The Balaban J connectivity index is 1.41. The van der Waals surface area contributed by atoms with Crippen LogP contribution in [0.2, 0.25) is 0 Å². The van der Waals surface area contributed by atoms with Crippen molar-refractivity contribution in [3.05, 3.63) is 72.4 Å². The first kappa shape index (κ1) is 16.4. The summed E-state index contributed by atoms with van der Waals surface area (Å²) in [4.78, 5) is 12.5. The number of allylic oxidation sites excluding steroid dienone is 1. The van der Waals surface area contributed by atoms with E-state index in [0.717, 1.165) is 31.6 Å². The minimum Gasteiger partial charge on any atom is -0.316 e. The predicted molar refractivity (Wildman–Crippen MR) is 113 cm³/mol. The summed E-state index contributed by atoms with van der Waals surface area (Å²) in [6.45, 7) is 0. The van der Waals surface area contributed by atoms with Crippen LogP contribution in [0.5, 0.6) is 0 Å². The molecule has 4 fully saturated rings. The molecule has 2 nitrogen and oxygen atoms in total. The van der Waals surface area contributed by atoms with Crippen LogP contribution >= 0.6 is 0 Å². The van der Waals surface area contributed by atoms with Gasteiger partial charge in [-0.1, -0.05) is 48.6 Å². The van der Waals surface area contributed by atoms with Gasteiger partial charge in [-0.05, 0) is 61.6 Å². The summed E-state index contributed by atoms with van der Waals surface area (Å²) in [5.41, 5.74) is 3.97. The highest BCUT2D eigenvalue weighted by atomic mass is 16.1. The van der Waals surface area contributed by atoms with Gasteiger partial charge in [-0.2, -0.15) is 0 Å². The van der Waals surface area contributed by atoms with Crippen molar-refractivity contribution < 1.29 is 4.79 Å². The smallest absolute Gasteiger partial charge is 0.139 e. The van der Waals surface area contributed by atoms with Crippen molar-refractivity contribution in [3.8, 4) is 5.69 Å². The van der Waals surface area contributed by atoms with Gasteiger partial charge in [0, 0.05) is 34.7 Å². The number of carbonyl (C=O) groups is 1. The molecule has 140 valence electrons. The van der Waals surface area contributed by atoms with Crippen LogP contribution in [0.4, 0.5) is 0 Å². The lowest BCUT2D eigenvalue weighted by atomic mass is 9.49. The van der Waals surface area contributed by atoms with Crippen molar-refractivity contribution in [2.24, 2.45) is 23.2 Å². The molecule has 4 aliphatic rings. The van der Waals surface area contributed by atoms with Gasteiger partial charge in [-0.3, -0.25) is 4.79 Å². The Kier molecular flexibility index (Phi) is 3.47. The number of nitrogens with zero attached hydrogens (tertiary/aromatic N) is 1. The molecule has 4 atom stereocenters. The third-order valence-electron chi connectivity index (χ3n) is 7.44. The molecular weight excluding hydrogens is 342 g/mol. The second-order valence-electron chi connectivity index (χ2n) is 9.25. The molecule has 1 heterocycles. The Morgan fingerprint density at radius 1 is 0.893 bits per heavy atom. The van der Waals surface area contributed by atoms with Crippen LogP contribution in [-0.2, 0) is 4.79 Å². The summed E-state index contributed by atoms with van der Waals surface area (Å²) < 4.78 is 2.29. The van der Waals surface area contributed by atoms with E-state index in [1.165, 1.54) is 28.6 Å². The predicted octanol–water partition coefficient (Wildman–Crippen LogP) is 6.04. The zero-order valence-corrected chi connectivity index (χ0v) is 16.1. The molecule has 0 aliphatic heterocycles. The van der Waals surface area contributed by atoms with Crippen LogP contribution in [0.1, 0.15) is 37.7 Å². The average molecular weight is 367 g/mol. The van der Waals surface area contributed by atoms with Crippen molar-refractivity contribution in [2.75, 3.05) is 0 Å². The van der Waals surface area contributed by atoms with Gasteiger partial charge in [0.25, 0.3) is 0 Å². The summed E-state index contributed by atoms with van der Waals surface area (Å²) in [7, 11) is 0. The third-order valence-corrected chi connectivity index (χ3v) is 7.44. The van der Waals surface area contributed by atoms with E-state index in [1.54, 1.807) is 0 Å². The van der Waals surface area contributed by atoms with Gasteiger partial charge < -0.3 is 4.57 Å². The minimum absolute atomic E-state index is 0.250. The summed E-state index contributed by atoms with van der Waals surface area (Å²) in [6.07, 6.45) is 12.8. The fourth-order valence-electron chi connectivity index (χ4n) is 6.42. The standard InChI is InChI=1S/C26H25NO/c28-25-20-12-18-13-21(25)16-26(14-18,15-20)11-10-19-17-27(22-6-2-1-3-7-22)24-9-5-4-8-23(19)24/h1-11,17-18,20-21H,12-16H2/b11-10+/t18?,20-,21+,26?. The second kappa shape index (κ2) is 5.94. The zero-order chi connectivity index (χ0) is 18.7. The molecule has 2 unspecified atom stereocenters. The molecular formula is C26H25NO. The van der Waals surface area contributed by atoms with Crippen molar-refractivity contribution >= 4 is 22.8 Å². The number of hydrogen-bond acceptors (Lipinski definition) is 1. The first-order valence-corrected chi connectivity index (χ1v) is 10.6. The van der Waals surface area contributed by atoms with Gasteiger partial charge >= 0.3 is 0 Å². The van der Waals surface area contributed by atoms with E-state index in [9.17, 15) is 4.79 Å². The van der Waals surface area contributed by atoms with E-state index >= 15 is 0 Å². The quantitative estimate of drug-likeness (QED) is 0.553. The molecule has 0 N–H and O–H groups in total. The van der Waals surface area contributed by atoms with Gasteiger partial charge in [0.05, 0.1) is 5.52 Å². The lowest BCUT2D eigenvalue weighted by Crippen LogP contribution is -2.50. The largest absolute Gasteiger partial charge is 0.316 e. The maximum atomic E-state index is 12.5. The molecule has 0 radical (unpaired) electrons. The van der Waals surface area contributed by atoms with Crippen molar-refractivity contribution in [2.45, 2.75) is 32.1 Å². The number of hydrogen-bond donors (Lipinski definition) is 0. The van der Waals surface area contributed by atoms with E-state index in [1.807, 2.05) is 0 Å². The highest BCUT2D eigenvalue weighted by Crippen LogP contribution is 2.59. The first-order valence-electron chi connectivity index (χ1n) is 10.6. The number of ketones is 1. The van der Waals surface area contributed by atoms with Gasteiger partial charge in [-0.15, -0.1) is 0 Å². The van der Waals surface area contributed by atoms with E-state index in [4.69, 9.17) is 0 Å². The Morgan fingerprint density at radius 2 is 1.61 bits per heavy atom. The van der Waals surface area contributed by atoms with Crippen molar-refractivity contribution in [3.63, 3.8) is 0 Å². The Hall–Kier alpha value is -2.61. The van der Waals surface area contributed by atoms with Crippen molar-refractivity contribution in [1.82, 2.24) is 4.57 Å². The topological polar surface area (TPSA) is 22.0 Å². The Bertz CT molecular complexity index is 1070. The lowest BCUT2D eigenvalue weighted by Gasteiger charge is -2.54. The second-order valence-corrected chi connectivity index (χ2v) is 9.25. The van der Waals surface area contributed by atoms with E-state index in [2.05, 4.69) is 77.5 Å². The van der Waals surface area contributed by atoms with Gasteiger partial charge in [0.1, 0.15) is 5.78 Å². The number of aromatic nitrogens is 1. The van der Waals surface area contributed by atoms with Gasteiger partial charge in [-0.25, -0.2) is 0 Å². The summed E-state index contributed by atoms with van der Waals surface area (Å²) in [5, 5.41) is 1.29. The molecule has 2 heteroatoms. The van der Waals surface area contributed by atoms with E-state index in [-0.39, 0.29) is 5.41 Å². The number of fused-ring (bicyclic) bond motifs is 1. The summed E-state index contributed by atoms with van der Waals surface area (Å²) in [6, 6.07) is 19.2. The van der Waals surface area contributed by atoms with Crippen LogP contribution in [0.25, 0.3) is 22.7 Å². The monoisotopic (exact) mass is 367 g/mol. The van der Waals surface area contributed by atoms with Crippen LogP contribution in [0.15, 0.2) is 66.9 Å². The molecule has 0 spiro atoms. The SMILES string of the molecule is O=C1[C@@H]2CC3C[C@H]1CC(/C=C/c1cn(-c4ccccc4)c4ccccc14)(C3)C2. The van der Waals surface area contributed by atoms with Gasteiger partial charge in [0.15, 0.2) is 0 Å². The number of Topliss-reactive ketones (excluding diaryl/α,β-unsaturated/α-hetero) is 1. The molecule has 7 rings (SSSR count). The normalized spacial score (nSPS) is 31.3. The van der Waals surface area contributed by atoms with Crippen LogP contribution < -0.4 is 0 Å². The summed E-state index contributed by atoms with van der Waals surface area (Å²) in [5.74, 6) is 2.01. The molecule has 0 amide bonds. The van der Waals surface area contributed by atoms with E-state index in [0.29, 0.717) is 17.6 Å². The zero-order valence-electron chi connectivity index (χ0n) is 16.1. The molecule has 1 aromatic heterocycles. The lowest BCUT2D eigenvalue weighted by molar-refractivity contribution is -0.143. The van der Waals surface area contributed by atoms with E-state index < -0.39 is 0 Å². The summed E-state index contributed by atoms with van der Waals surface area (Å²) >= 11 is 0. The fraction of sp³-hybridized carbons (Fsp3) is 0.346. The first-order chi connectivity index (χ1) is 13.7. The third kappa shape index (κ3) is 2.44. The van der Waals surface area contributed by atoms with Crippen molar-refractivity contribution in [1.29, 1.82) is 0 Å². The maximum Gasteiger partial charge on any atom is 0.139 e. The molecule has 0 saturated heterocycles. The average Bonchev–Trinajstić information content (AvgIpc) is 3.09. The Morgan fingerprint density at radius 3 is 2.39 bits per heavy atom. The molecule has 4 bridgehead atoms. The molecule has 28 heavy (non-hydrogen) atoms. The highest BCUT2D eigenvalue weighted by Gasteiger charge is 2.53. The van der Waals surface area contributed by atoms with Crippen LogP contribution in [0, 0.1) is 23.2 Å². The molecule has 4 aliphatic carbocycles. The minimum atomic E-state index is 0.250. The number of para-hydroxylation sites is 2. The number of carbonyl (C=O) groups excluding carboxylic acids is 1. The van der Waals surface area contributed by atoms with Crippen LogP contribution in [-0.4, -0.2) is 10.4 Å². The number of benzene rings is 2. The Labute approximate surface area is 165 Å². The fourth-order valence-corrected chi connectivity index (χ4v) is 6.42.